The van der Waals surface area contributed by atoms with Crippen LogP contribution in [0.3, 0.4) is 0 Å². The number of rotatable bonds is 6. The van der Waals surface area contributed by atoms with Crippen molar-refractivity contribution in [3.8, 4) is 0 Å². The molecule has 6 nitrogen and oxygen atoms in total. The molecular weight excluding hydrogens is 342 g/mol. The summed E-state index contributed by atoms with van der Waals surface area (Å²) in [6, 6.07) is 16.5. The van der Waals surface area contributed by atoms with Crippen molar-refractivity contribution in [2.24, 2.45) is 5.92 Å². The molecule has 2 rings (SSSR count). The number of nitrogens with one attached hydrogen (secondary N) is 2. The number of carbonyl (C=O) groups is 2. The summed E-state index contributed by atoms with van der Waals surface area (Å²) < 4.78 is 4.97. The molecule has 2 aromatic rings. The first kappa shape index (κ1) is 20.3. The predicted molar refractivity (Wildman–Crippen MR) is 108 cm³/mol. The monoisotopic (exact) mass is 369 g/mol. The molecule has 0 aliphatic carbocycles. The smallest absolute Gasteiger partial charge is 0.413 e. The Labute approximate surface area is 160 Å². The maximum atomic E-state index is 12.4. The lowest BCUT2D eigenvalue weighted by atomic mass is 9.96. The predicted octanol–water partition coefficient (Wildman–Crippen LogP) is 4.80. The fourth-order valence-corrected chi connectivity index (χ4v) is 2.70. The highest BCUT2D eigenvalue weighted by molar-refractivity contribution is 5.91. The van der Waals surface area contributed by atoms with Crippen LogP contribution in [0.5, 0.6) is 0 Å². The van der Waals surface area contributed by atoms with E-state index in [1.807, 2.05) is 30.3 Å². The van der Waals surface area contributed by atoms with Gasteiger partial charge in [0.05, 0.1) is 12.6 Å². The molecule has 0 heterocycles. The van der Waals surface area contributed by atoms with Crippen LogP contribution in [0.25, 0.3) is 0 Å². The number of urea groups is 1. The van der Waals surface area contributed by atoms with Gasteiger partial charge in [-0.3, -0.25) is 4.90 Å². The molecule has 144 valence electrons. The van der Waals surface area contributed by atoms with Gasteiger partial charge in [0.25, 0.3) is 0 Å². The third-order valence-corrected chi connectivity index (χ3v) is 4.17. The highest BCUT2D eigenvalue weighted by Crippen LogP contribution is 2.22. The third kappa shape index (κ3) is 5.74. The average Bonchev–Trinajstić information content (AvgIpc) is 2.67. The molecule has 3 amide bonds. The Morgan fingerprint density at radius 2 is 1.67 bits per heavy atom. The molecule has 0 saturated carbocycles. The molecule has 0 radical (unpaired) electrons. The van der Waals surface area contributed by atoms with E-state index in [1.54, 1.807) is 38.2 Å². The zero-order valence-corrected chi connectivity index (χ0v) is 16.2. The molecule has 0 aliphatic heterocycles. The number of anilines is 2. The summed E-state index contributed by atoms with van der Waals surface area (Å²) >= 11 is 0. The van der Waals surface area contributed by atoms with Crippen LogP contribution in [-0.2, 0) is 4.74 Å². The minimum absolute atomic E-state index is 0.0829. The first-order valence-electron chi connectivity index (χ1n) is 9.05. The van der Waals surface area contributed by atoms with Crippen molar-refractivity contribution in [1.29, 1.82) is 0 Å². The fourth-order valence-electron chi connectivity index (χ4n) is 2.70. The second-order valence-electron chi connectivity index (χ2n) is 6.54. The van der Waals surface area contributed by atoms with Gasteiger partial charge in [0.2, 0.25) is 0 Å². The number of hydrogen-bond donors (Lipinski definition) is 2. The molecular formula is C21H27N3O3. The van der Waals surface area contributed by atoms with E-state index in [-0.39, 0.29) is 18.0 Å². The number of carbonyl (C=O) groups excluding carboxylic acids is 2. The van der Waals surface area contributed by atoms with Crippen LogP contribution < -0.4 is 15.5 Å². The summed E-state index contributed by atoms with van der Waals surface area (Å²) in [6.45, 7) is 6.22. The molecule has 0 bridgehead atoms. The Bertz CT molecular complexity index is 745. The molecule has 1 atom stereocenters. The van der Waals surface area contributed by atoms with Gasteiger partial charge in [-0.2, -0.15) is 0 Å². The van der Waals surface area contributed by atoms with Crippen molar-refractivity contribution in [2.75, 3.05) is 23.9 Å². The Morgan fingerprint density at radius 1 is 1.04 bits per heavy atom. The van der Waals surface area contributed by atoms with E-state index in [1.165, 1.54) is 4.90 Å². The van der Waals surface area contributed by atoms with Crippen molar-refractivity contribution < 1.29 is 14.3 Å². The molecule has 0 aliphatic rings. The van der Waals surface area contributed by atoms with Crippen LogP contribution in [-0.4, -0.2) is 25.8 Å². The van der Waals surface area contributed by atoms with Gasteiger partial charge in [0, 0.05) is 18.4 Å². The Balaban J connectivity index is 2.00. The molecule has 0 fully saturated rings. The first-order valence-corrected chi connectivity index (χ1v) is 9.05. The minimum Gasteiger partial charge on any atom is -0.449 e. The summed E-state index contributed by atoms with van der Waals surface area (Å²) in [4.78, 5) is 25.6. The van der Waals surface area contributed by atoms with E-state index in [0.717, 1.165) is 5.56 Å². The number of nitrogens with zero attached hydrogens (tertiary/aromatic N) is 1. The Hall–Kier alpha value is -3.02. The van der Waals surface area contributed by atoms with Crippen LogP contribution in [0.15, 0.2) is 54.6 Å². The van der Waals surface area contributed by atoms with Crippen molar-refractivity contribution >= 4 is 23.5 Å². The number of hydrogen-bond acceptors (Lipinski definition) is 3. The summed E-state index contributed by atoms with van der Waals surface area (Å²) in [5.41, 5.74) is 2.39. The molecule has 0 spiro atoms. The normalized spacial score (nSPS) is 11.6. The van der Waals surface area contributed by atoms with Gasteiger partial charge in [0.1, 0.15) is 0 Å². The Morgan fingerprint density at radius 3 is 2.22 bits per heavy atom. The maximum Gasteiger partial charge on any atom is 0.413 e. The standard InChI is InChI=1S/C21H27N3O3/c1-5-27-21(26)24(4)18-13-11-17(12-14-18)22-20(25)23-19(15(2)3)16-9-7-6-8-10-16/h6-15,19H,5H2,1-4H3,(H2,22,23,25). The van der Waals surface area contributed by atoms with E-state index < -0.39 is 6.09 Å². The number of amides is 3. The largest absolute Gasteiger partial charge is 0.449 e. The maximum absolute atomic E-state index is 12.4. The van der Waals surface area contributed by atoms with Crippen molar-refractivity contribution in [1.82, 2.24) is 5.32 Å². The van der Waals surface area contributed by atoms with Crippen LogP contribution >= 0.6 is 0 Å². The van der Waals surface area contributed by atoms with Crippen molar-refractivity contribution in [3.63, 3.8) is 0 Å². The van der Waals surface area contributed by atoms with E-state index in [9.17, 15) is 9.59 Å². The zero-order valence-electron chi connectivity index (χ0n) is 16.2. The first-order chi connectivity index (χ1) is 12.9. The van der Waals surface area contributed by atoms with Gasteiger partial charge in [-0.1, -0.05) is 44.2 Å². The molecule has 1 unspecified atom stereocenters. The second kappa shape index (κ2) is 9.62. The lowest BCUT2D eigenvalue weighted by Gasteiger charge is -2.23. The van der Waals surface area contributed by atoms with Crippen LogP contribution in [0, 0.1) is 5.92 Å². The van der Waals surface area contributed by atoms with Crippen molar-refractivity contribution in [3.05, 3.63) is 60.2 Å². The van der Waals surface area contributed by atoms with Gasteiger partial charge in [0.15, 0.2) is 0 Å². The van der Waals surface area contributed by atoms with Gasteiger partial charge >= 0.3 is 12.1 Å². The fraction of sp³-hybridized carbons (Fsp3) is 0.333. The summed E-state index contributed by atoms with van der Waals surface area (Å²) in [7, 11) is 1.64. The molecule has 2 aromatic carbocycles. The summed E-state index contributed by atoms with van der Waals surface area (Å²) in [6.07, 6.45) is -0.418. The van der Waals surface area contributed by atoms with Gasteiger partial charge < -0.3 is 15.4 Å². The van der Waals surface area contributed by atoms with E-state index in [2.05, 4.69) is 24.5 Å². The molecule has 2 N–H and O–H groups in total. The second-order valence-corrected chi connectivity index (χ2v) is 6.54. The summed E-state index contributed by atoms with van der Waals surface area (Å²) in [5.74, 6) is 0.249. The van der Waals surface area contributed by atoms with Gasteiger partial charge in [-0.05, 0) is 42.7 Å². The molecule has 27 heavy (non-hydrogen) atoms. The minimum atomic E-state index is -0.418. The zero-order chi connectivity index (χ0) is 19.8. The highest BCUT2D eigenvalue weighted by Gasteiger charge is 2.18. The molecule has 0 saturated heterocycles. The lowest BCUT2D eigenvalue weighted by Crippen LogP contribution is -2.35. The van der Waals surface area contributed by atoms with Gasteiger partial charge in [-0.25, -0.2) is 9.59 Å². The van der Waals surface area contributed by atoms with Crippen LogP contribution in [0.2, 0.25) is 0 Å². The van der Waals surface area contributed by atoms with E-state index in [4.69, 9.17) is 4.74 Å². The van der Waals surface area contributed by atoms with Gasteiger partial charge in [-0.15, -0.1) is 0 Å². The Kier molecular flexibility index (Phi) is 7.23. The SMILES string of the molecule is CCOC(=O)N(C)c1ccc(NC(=O)NC(c2ccccc2)C(C)C)cc1. The van der Waals surface area contributed by atoms with Crippen molar-refractivity contribution in [2.45, 2.75) is 26.8 Å². The molecule has 0 aromatic heterocycles. The van der Waals surface area contributed by atoms with E-state index >= 15 is 0 Å². The van der Waals surface area contributed by atoms with Crippen LogP contribution in [0.4, 0.5) is 21.0 Å². The average molecular weight is 369 g/mol. The quantitative estimate of drug-likeness (QED) is 0.768. The topological polar surface area (TPSA) is 70.7 Å². The van der Waals surface area contributed by atoms with E-state index in [0.29, 0.717) is 18.0 Å². The third-order valence-electron chi connectivity index (χ3n) is 4.17. The molecule has 6 heteroatoms. The van der Waals surface area contributed by atoms with Crippen LogP contribution in [0.1, 0.15) is 32.4 Å². The summed E-state index contributed by atoms with van der Waals surface area (Å²) in [5, 5.41) is 5.85. The number of benzene rings is 2. The lowest BCUT2D eigenvalue weighted by molar-refractivity contribution is 0.161. The highest BCUT2D eigenvalue weighted by atomic mass is 16.6. The number of ether oxygens (including phenoxy) is 1.